The van der Waals surface area contributed by atoms with Gasteiger partial charge in [0.2, 0.25) is 0 Å². The Morgan fingerprint density at radius 3 is 2.62 bits per heavy atom. The summed E-state index contributed by atoms with van der Waals surface area (Å²) >= 11 is 5.96. The molecule has 0 fully saturated rings. The van der Waals surface area contributed by atoms with Crippen molar-refractivity contribution < 1.29 is 22.6 Å². The summed E-state index contributed by atoms with van der Waals surface area (Å²) in [6.07, 6.45) is -3.66. The molecule has 0 heterocycles. The fourth-order valence-corrected chi connectivity index (χ4v) is 1.95. The molecular weight excluding hydrogens is 307 g/mol. The van der Waals surface area contributed by atoms with Crippen LogP contribution in [-0.4, -0.2) is 26.1 Å². The topological polar surface area (TPSA) is 30.5 Å². The second-order valence-corrected chi connectivity index (χ2v) is 4.94. The standard InChI is InChI=1S/C14H19ClF3NO2/c1-3-6-19-10(2)12-9-11(15)4-5-13(12)20-7-8-21-14(16,17)18/h4-5,9-10,19H,3,6-8H2,1-2H3. The Morgan fingerprint density at radius 1 is 1.29 bits per heavy atom. The number of hydrogen-bond acceptors (Lipinski definition) is 3. The quantitative estimate of drug-likeness (QED) is 0.722. The molecule has 0 aliphatic rings. The van der Waals surface area contributed by atoms with Crippen molar-refractivity contribution in [2.45, 2.75) is 32.7 Å². The first kappa shape index (κ1) is 18.1. The maximum absolute atomic E-state index is 11.9. The molecule has 0 bridgehead atoms. The van der Waals surface area contributed by atoms with Crippen molar-refractivity contribution in [2.24, 2.45) is 0 Å². The first-order chi connectivity index (χ1) is 9.83. The Hall–Kier alpha value is -0.980. The van der Waals surface area contributed by atoms with Crippen LogP contribution in [-0.2, 0) is 4.74 Å². The summed E-state index contributed by atoms with van der Waals surface area (Å²) in [5, 5.41) is 3.83. The maximum atomic E-state index is 11.9. The number of hydrogen-bond donors (Lipinski definition) is 1. The second kappa shape index (κ2) is 8.46. The summed E-state index contributed by atoms with van der Waals surface area (Å²) in [6.45, 7) is 4.07. The molecular formula is C14H19ClF3NO2. The second-order valence-electron chi connectivity index (χ2n) is 4.50. The molecule has 0 radical (unpaired) electrons. The maximum Gasteiger partial charge on any atom is 0.522 e. The monoisotopic (exact) mass is 325 g/mol. The van der Waals surface area contributed by atoms with E-state index < -0.39 is 13.0 Å². The van der Waals surface area contributed by atoms with E-state index in [0.717, 1.165) is 18.5 Å². The molecule has 0 aliphatic carbocycles. The van der Waals surface area contributed by atoms with E-state index in [2.05, 4.69) is 10.1 Å². The highest BCUT2D eigenvalue weighted by Crippen LogP contribution is 2.28. The van der Waals surface area contributed by atoms with Crippen molar-refractivity contribution in [3.63, 3.8) is 0 Å². The minimum absolute atomic E-state index is 0.0119. The van der Waals surface area contributed by atoms with E-state index >= 15 is 0 Å². The predicted molar refractivity (Wildman–Crippen MR) is 75.7 cm³/mol. The first-order valence-corrected chi connectivity index (χ1v) is 7.07. The molecule has 1 aromatic rings. The number of ether oxygens (including phenoxy) is 2. The zero-order valence-electron chi connectivity index (χ0n) is 12.0. The van der Waals surface area contributed by atoms with Crippen LogP contribution in [0.4, 0.5) is 13.2 Å². The molecule has 1 rings (SSSR count). The van der Waals surface area contributed by atoms with Gasteiger partial charge in [0.15, 0.2) is 0 Å². The lowest BCUT2D eigenvalue weighted by molar-refractivity contribution is -0.325. The van der Waals surface area contributed by atoms with Crippen LogP contribution < -0.4 is 10.1 Å². The van der Waals surface area contributed by atoms with E-state index in [-0.39, 0.29) is 12.6 Å². The van der Waals surface area contributed by atoms with E-state index in [9.17, 15) is 13.2 Å². The largest absolute Gasteiger partial charge is 0.522 e. The van der Waals surface area contributed by atoms with E-state index in [1.165, 1.54) is 0 Å². The first-order valence-electron chi connectivity index (χ1n) is 6.69. The molecule has 0 saturated heterocycles. The van der Waals surface area contributed by atoms with E-state index in [1.54, 1.807) is 18.2 Å². The Kier molecular flexibility index (Phi) is 7.28. The van der Waals surface area contributed by atoms with Crippen molar-refractivity contribution in [3.05, 3.63) is 28.8 Å². The molecule has 1 aromatic carbocycles. The van der Waals surface area contributed by atoms with Gasteiger partial charge in [-0.3, -0.25) is 4.74 Å². The van der Waals surface area contributed by atoms with E-state index in [4.69, 9.17) is 16.3 Å². The van der Waals surface area contributed by atoms with Gasteiger partial charge in [0, 0.05) is 16.6 Å². The lowest BCUT2D eigenvalue weighted by Crippen LogP contribution is -2.21. The molecule has 0 aliphatic heterocycles. The third kappa shape index (κ3) is 7.02. The SMILES string of the molecule is CCCNC(C)c1cc(Cl)ccc1OCCOC(F)(F)F. The van der Waals surface area contributed by atoms with Crippen LogP contribution in [0.2, 0.25) is 5.02 Å². The molecule has 1 atom stereocenters. The van der Waals surface area contributed by atoms with E-state index in [0.29, 0.717) is 10.8 Å². The third-order valence-corrected chi connectivity index (χ3v) is 2.98. The molecule has 21 heavy (non-hydrogen) atoms. The molecule has 120 valence electrons. The van der Waals surface area contributed by atoms with Crippen LogP contribution in [0.15, 0.2) is 18.2 Å². The van der Waals surface area contributed by atoms with Gasteiger partial charge in [0.05, 0.1) is 6.61 Å². The number of halogens is 4. The summed E-state index contributed by atoms with van der Waals surface area (Å²) in [7, 11) is 0. The molecule has 1 N–H and O–H groups in total. The van der Waals surface area contributed by atoms with Gasteiger partial charge in [-0.2, -0.15) is 0 Å². The summed E-state index contributed by atoms with van der Waals surface area (Å²) in [5.41, 5.74) is 0.808. The fourth-order valence-electron chi connectivity index (χ4n) is 1.77. The van der Waals surface area contributed by atoms with Crippen molar-refractivity contribution >= 4 is 11.6 Å². The van der Waals surface area contributed by atoms with Gasteiger partial charge in [-0.1, -0.05) is 18.5 Å². The Bertz CT molecular complexity index is 441. The molecule has 0 saturated carbocycles. The summed E-state index contributed by atoms with van der Waals surface area (Å²) in [4.78, 5) is 0. The van der Waals surface area contributed by atoms with Crippen LogP contribution in [0.25, 0.3) is 0 Å². The smallest absolute Gasteiger partial charge is 0.491 e. The highest BCUT2D eigenvalue weighted by molar-refractivity contribution is 6.30. The van der Waals surface area contributed by atoms with Gasteiger partial charge in [-0.25, -0.2) is 0 Å². The van der Waals surface area contributed by atoms with Crippen LogP contribution >= 0.6 is 11.6 Å². The number of rotatable bonds is 8. The van der Waals surface area contributed by atoms with Crippen LogP contribution in [0.5, 0.6) is 5.75 Å². The minimum Gasteiger partial charge on any atom is -0.491 e. The predicted octanol–water partition coefficient (Wildman–Crippen LogP) is 4.32. The van der Waals surface area contributed by atoms with Gasteiger partial charge >= 0.3 is 6.36 Å². The third-order valence-electron chi connectivity index (χ3n) is 2.75. The van der Waals surface area contributed by atoms with E-state index in [1.807, 2.05) is 13.8 Å². The van der Waals surface area contributed by atoms with Crippen LogP contribution in [0.1, 0.15) is 31.9 Å². The summed E-state index contributed by atoms with van der Waals surface area (Å²) in [5.74, 6) is 0.501. The van der Waals surface area contributed by atoms with Gasteiger partial charge in [0.25, 0.3) is 0 Å². The number of benzene rings is 1. The summed E-state index contributed by atoms with van der Waals surface area (Å²) in [6, 6.07) is 5.02. The molecule has 0 aromatic heterocycles. The molecule has 0 spiro atoms. The Morgan fingerprint density at radius 2 is 2.00 bits per heavy atom. The zero-order valence-corrected chi connectivity index (χ0v) is 12.7. The average molecular weight is 326 g/mol. The number of alkyl halides is 3. The van der Waals surface area contributed by atoms with Gasteiger partial charge in [-0.05, 0) is 38.1 Å². The lowest BCUT2D eigenvalue weighted by atomic mass is 10.1. The average Bonchev–Trinajstić information content (AvgIpc) is 2.41. The van der Waals surface area contributed by atoms with Gasteiger partial charge in [-0.15, -0.1) is 13.2 Å². The van der Waals surface area contributed by atoms with Crippen molar-refractivity contribution in [2.75, 3.05) is 19.8 Å². The van der Waals surface area contributed by atoms with Gasteiger partial charge < -0.3 is 10.1 Å². The van der Waals surface area contributed by atoms with Gasteiger partial charge in [0.1, 0.15) is 12.4 Å². The van der Waals surface area contributed by atoms with Crippen molar-refractivity contribution in [1.82, 2.24) is 5.32 Å². The minimum atomic E-state index is -4.64. The number of nitrogens with one attached hydrogen (secondary N) is 1. The zero-order chi connectivity index (χ0) is 15.9. The highest BCUT2D eigenvalue weighted by atomic mass is 35.5. The van der Waals surface area contributed by atoms with Crippen molar-refractivity contribution in [3.8, 4) is 5.75 Å². The fraction of sp³-hybridized carbons (Fsp3) is 0.571. The normalized spacial score (nSPS) is 13.2. The summed E-state index contributed by atoms with van der Waals surface area (Å²) < 4.78 is 44.7. The lowest BCUT2D eigenvalue weighted by Gasteiger charge is -2.18. The molecule has 0 amide bonds. The Labute approximate surface area is 127 Å². The van der Waals surface area contributed by atoms with Crippen LogP contribution in [0.3, 0.4) is 0 Å². The Balaban J connectivity index is 2.64. The van der Waals surface area contributed by atoms with Crippen LogP contribution in [0, 0.1) is 0 Å². The molecule has 7 heteroatoms. The molecule has 1 unspecified atom stereocenters. The van der Waals surface area contributed by atoms with Crippen molar-refractivity contribution in [1.29, 1.82) is 0 Å². The highest BCUT2D eigenvalue weighted by Gasteiger charge is 2.28. The molecule has 3 nitrogen and oxygen atoms in total.